The van der Waals surface area contributed by atoms with Gasteiger partial charge in [-0.1, -0.05) is 0 Å². The zero-order valence-electron chi connectivity index (χ0n) is 13.3. The quantitative estimate of drug-likeness (QED) is 0.715. The molecule has 1 aliphatic carbocycles. The number of aliphatic hydroxyl groups excluding tert-OH is 1. The molecule has 0 aromatic heterocycles. The maximum absolute atomic E-state index is 12.2. The second kappa shape index (κ2) is 6.85. The molecule has 0 bridgehead atoms. The highest BCUT2D eigenvalue weighted by atomic mass is 16.3. The SMILES string of the molecule is N#C[C@@H]1CCCN1C(=O)CNC1C[C@@H]2CN(C(=O)CO)C[C@@H]2C1. The van der Waals surface area contributed by atoms with E-state index in [1.165, 1.54) is 0 Å². The van der Waals surface area contributed by atoms with Crippen molar-refractivity contribution >= 4 is 11.8 Å². The molecule has 7 heteroatoms. The van der Waals surface area contributed by atoms with Crippen LogP contribution < -0.4 is 5.32 Å². The summed E-state index contributed by atoms with van der Waals surface area (Å²) in [6, 6.07) is 2.25. The Balaban J connectivity index is 1.43. The van der Waals surface area contributed by atoms with E-state index in [9.17, 15) is 9.59 Å². The summed E-state index contributed by atoms with van der Waals surface area (Å²) in [5.74, 6) is 0.771. The van der Waals surface area contributed by atoms with Crippen LogP contribution in [0.15, 0.2) is 0 Å². The number of likely N-dealkylation sites (tertiary alicyclic amines) is 2. The van der Waals surface area contributed by atoms with Crippen molar-refractivity contribution in [2.45, 2.75) is 37.8 Å². The van der Waals surface area contributed by atoms with Crippen molar-refractivity contribution in [3.63, 3.8) is 0 Å². The molecule has 2 amide bonds. The number of fused-ring (bicyclic) bond motifs is 1. The molecule has 2 heterocycles. The number of hydrogen-bond acceptors (Lipinski definition) is 5. The van der Waals surface area contributed by atoms with E-state index in [1.807, 2.05) is 0 Å². The monoisotopic (exact) mass is 320 g/mol. The molecule has 0 aromatic rings. The highest BCUT2D eigenvalue weighted by Gasteiger charge is 2.42. The number of carbonyl (C=O) groups excluding carboxylic acids is 2. The first-order valence-corrected chi connectivity index (χ1v) is 8.43. The van der Waals surface area contributed by atoms with Gasteiger partial charge in [-0.2, -0.15) is 5.26 Å². The average molecular weight is 320 g/mol. The molecule has 1 saturated carbocycles. The molecule has 2 saturated heterocycles. The van der Waals surface area contributed by atoms with Crippen molar-refractivity contribution < 1.29 is 14.7 Å². The summed E-state index contributed by atoms with van der Waals surface area (Å²) in [4.78, 5) is 27.2. The molecule has 3 rings (SSSR count). The third-order valence-corrected chi connectivity index (χ3v) is 5.50. The Morgan fingerprint density at radius 3 is 2.52 bits per heavy atom. The molecule has 4 atom stereocenters. The standard InChI is InChI=1S/C16H24N4O3/c17-6-14-2-1-3-20(14)15(22)7-18-13-4-11-8-19(16(23)10-21)9-12(11)5-13/h11-14,18,21H,1-5,7-10H2/t11-,12+,13?,14-/m0/s1. The van der Waals surface area contributed by atoms with E-state index < -0.39 is 6.61 Å². The van der Waals surface area contributed by atoms with E-state index in [0.717, 1.165) is 38.8 Å². The second-order valence-electron chi connectivity index (χ2n) is 6.90. The topological polar surface area (TPSA) is 96.7 Å². The van der Waals surface area contributed by atoms with Gasteiger partial charge in [-0.05, 0) is 37.5 Å². The summed E-state index contributed by atoms with van der Waals surface area (Å²) in [7, 11) is 0. The molecule has 0 radical (unpaired) electrons. The second-order valence-corrected chi connectivity index (χ2v) is 6.90. The fourth-order valence-corrected chi connectivity index (χ4v) is 4.30. The van der Waals surface area contributed by atoms with Crippen molar-refractivity contribution in [2.75, 3.05) is 32.8 Å². The first-order chi connectivity index (χ1) is 11.1. The fraction of sp³-hybridized carbons (Fsp3) is 0.812. The van der Waals surface area contributed by atoms with Gasteiger partial charge in [0.05, 0.1) is 12.6 Å². The van der Waals surface area contributed by atoms with Gasteiger partial charge in [0.15, 0.2) is 0 Å². The van der Waals surface area contributed by atoms with E-state index in [1.54, 1.807) is 9.80 Å². The molecule has 126 valence electrons. The number of nitriles is 1. The molecular formula is C16H24N4O3. The average Bonchev–Trinajstić information content (AvgIpc) is 3.24. The normalized spacial score (nSPS) is 32.9. The zero-order valence-corrected chi connectivity index (χ0v) is 13.3. The highest BCUT2D eigenvalue weighted by Crippen LogP contribution is 2.38. The minimum atomic E-state index is -0.411. The van der Waals surface area contributed by atoms with Crippen LogP contribution in [0.4, 0.5) is 0 Å². The third kappa shape index (κ3) is 3.33. The van der Waals surface area contributed by atoms with Crippen LogP contribution in [0.3, 0.4) is 0 Å². The summed E-state index contributed by atoms with van der Waals surface area (Å²) in [5.41, 5.74) is 0. The maximum Gasteiger partial charge on any atom is 0.248 e. The predicted molar refractivity (Wildman–Crippen MR) is 82.0 cm³/mol. The van der Waals surface area contributed by atoms with Crippen molar-refractivity contribution in [3.8, 4) is 6.07 Å². The van der Waals surface area contributed by atoms with Crippen LogP contribution in [-0.4, -0.2) is 71.6 Å². The van der Waals surface area contributed by atoms with Gasteiger partial charge in [0.2, 0.25) is 11.8 Å². The van der Waals surface area contributed by atoms with Gasteiger partial charge in [-0.15, -0.1) is 0 Å². The number of rotatable bonds is 4. The van der Waals surface area contributed by atoms with Gasteiger partial charge in [0, 0.05) is 25.7 Å². The summed E-state index contributed by atoms with van der Waals surface area (Å²) in [6.07, 6.45) is 3.63. The van der Waals surface area contributed by atoms with E-state index in [2.05, 4.69) is 11.4 Å². The lowest BCUT2D eigenvalue weighted by molar-refractivity contribution is -0.133. The lowest BCUT2D eigenvalue weighted by Gasteiger charge is -2.22. The molecule has 3 aliphatic rings. The lowest BCUT2D eigenvalue weighted by atomic mass is 10.0. The molecule has 3 fully saturated rings. The first kappa shape index (κ1) is 16.2. The maximum atomic E-state index is 12.2. The number of aliphatic hydroxyl groups is 1. The van der Waals surface area contributed by atoms with Crippen LogP contribution in [0.25, 0.3) is 0 Å². The van der Waals surface area contributed by atoms with E-state index in [-0.39, 0.29) is 17.9 Å². The summed E-state index contributed by atoms with van der Waals surface area (Å²) in [6.45, 7) is 2.01. The predicted octanol–water partition coefficient (Wildman–Crippen LogP) is -0.680. The first-order valence-electron chi connectivity index (χ1n) is 8.43. The molecule has 2 aliphatic heterocycles. The Morgan fingerprint density at radius 2 is 1.91 bits per heavy atom. The Labute approximate surface area is 136 Å². The summed E-state index contributed by atoms with van der Waals surface area (Å²) >= 11 is 0. The van der Waals surface area contributed by atoms with E-state index >= 15 is 0 Å². The Hall–Kier alpha value is -1.65. The van der Waals surface area contributed by atoms with Crippen LogP contribution in [0.5, 0.6) is 0 Å². The van der Waals surface area contributed by atoms with E-state index in [0.29, 0.717) is 31.0 Å². The minimum Gasteiger partial charge on any atom is -0.387 e. The molecule has 23 heavy (non-hydrogen) atoms. The summed E-state index contributed by atoms with van der Waals surface area (Å²) in [5, 5.41) is 21.3. The van der Waals surface area contributed by atoms with Crippen LogP contribution >= 0.6 is 0 Å². The molecular weight excluding hydrogens is 296 g/mol. The fourth-order valence-electron chi connectivity index (χ4n) is 4.30. The highest BCUT2D eigenvalue weighted by molar-refractivity contribution is 5.79. The Morgan fingerprint density at radius 1 is 1.22 bits per heavy atom. The van der Waals surface area contributed by atoms with Gasteiger partial charge in [-0.3, -0.25) is 9.59 Å². The van der Waals surface area contributed by atoms with Gasteiger partial charge in [0.1, 0.15) is 12.6 Å². The van der Waals surface area contributed by atoms with Crippen molar-refractivity contribution in [1.82, 2.24) is 15.1 Å². The van der Waals surface area contributed by atoms with Crippen molar-refractivity contribution in [2.24, 2.45) is 11.8 Å². The molecule has 2 N–H and O–H groups in total. The van der Waals surface area contributed by atoms with Crippen molar-refractivity contribution in [1.29, 1.82) is 5.26 Å². The van der Waals surface area contributed by atoms with Gasteiger partial charge >= 0.3 is 0 Å². The number of amides is 2. The number of hydrogen-bond donors (Lipinski definition) is 2. The molecule has 1 unspecified atom stereocenters. The zero-order chi connectivity index (χ0) is 16.4. The van der Waals surface area contributed by atoms with Gasteiger partial charge in [0.25, 0.3) is 0 Å². The van der Waals surface area contributed by atoms with Crippen LogP contribution in [0, 0.1) is 23.2 Å². The van der Waals surface area contributed by atoms with E-state index in [4.69, 9.17) is 10.4 Å². The molecule has 0 spiro atoms. The van der Waals surface area contributed by atoms with Gasteiger partial charge in [-0.25, -0.2) is 0 Å². The number of nitrogens with zero attached hydrogens (tertiary/aromatic N) is 3. The third-order valence-electron chi connectivity index (χ3n) is 5.50. The number of nitrogens with one attached hydrogen (secondary N) is 1. The van der Waals surface area contributed by atoms with Crippen LogP contribution in [0.1, 0.15) is 25.7 Å². The largest absolute Gasteiger partial charge is 0.387 e. The molecule has 0 aromatic carbocycles. The Kier molecular flexibility index (Phi) is 4.83. The number of carbonyl (C=O) groups is 2. The van der Waals surface area contributed by atoms with Crippen molar-refractivity contribution in [3.05, 3.63) is 0 Å². The van der Waals surface area contributed by atoms with Crippen LogP contribution in [0.2, 0.25) is 0 Å². The van der Waals surface area contributed by atoms with Crippen LogP contribution in [-0.2, 0) is 9.59 Å². The minimum absolute atomic E-state index is 0.0168. The molecule has 7 nitrogen and oxygen atoms in total. The smallest absolute Gasteiger partial charge is 0.248 e. The lowest BCUT2D eigenvalue weighted by Crippen LogP contribution is -2.43. The summed E-state index contributed by atoms with van der Waals surface area (Å²) < 4.78 is 0. The van der Waals surface area contributed by atoms with Gasteiger partial charge < -0.3 is 20.2 Å². The Bertz CT molecular complexity index is 504.